The molecule has 5 rings (SSSR count). The number of para-hydroxylation sites is 2. The fraction of sp³-hybridized carbons (Fsp3) is 0.292. The van der Waals surface area contributed by atoms with Crippen LogP contribution in [0.3, 0.4) is 0 Å². The van der Waals surface area contributed by atoms with Gasteiger partial charge in [0.05, 0.1) is 7.11 Å². The number of amides is 2. The van der Waals surface area contributed by atoms with Gasteiger partial charge in [0.25, 0.3) is 11.8 Å². The standard InChI is InChI=1S/C24H22N4O7S3/c1-12-26-27-24(38-12)37-11-13-10-36-22-18(21(30)28(22)19(13)23(31)32)25-20(29)17-8-7-14(35-17)9-34-16-6-4-3-5-15(16)33-2/h3-8,18,22H,9-11H2,1-2H3,(H,25,29)(H,31,32)/t18-,22+/m1/s1. The van der Waals surface area contributed by atoms with Crippen LogP contribution in [0, 0.1) is 6.92 Å². The first-order valence-corrected chi connectivity index (χ1v) is 14.2. The van der Waals surface area contributed by atoms with E-state index in [-0.39, 0.29) is 18.1 Å². The van der Waals surface area contributed by atoms with Crippen LogP contribution in [0.1, 0.15) is 21.3 Å². The number of hydrogen-bond acceptors (Lipinski definition) is 11. The Balaban J connectivity index is 1.21. The highest BCUT2D eigenvalue weighted by atomic mass is 32.2. The smallest absolute Gasteiger partial charge is 0.352 e. The van der Waals surface area contributed by atoms with Gasteiger partial charge in [-0.25, -0.2) is 4.79 Å². The average Bonchev–Trinajstić information content (AvgIpc) is 3.57. The van der Waals surface area contributed by atoms with Crippen LogP contribution in [0.4, 0.5) is 0 Å². The van der Waals surface area contributed by atoms with Crippen molar-refractivity contribution in [2.24, 2.45) is 0 Å². The highest BCUT2D eigenvalue weighted by molar-refractivity contribution is 8.01. The van der Waals surface area contributed by atoms with Crippen LogP contribution in [0.2, 0.25) is 0 Å². The Bertz CT molecular complexity index is 1420. The zero-order chi connectivity index (χ0) is 26.8. The maximum Gasteiger partial charge on any atom is 0.352 e. The maximum atomic E-state index is 12.9. The van der Waals surface area contributed by atoms with Crippen LogP contribution < -0.4 is 14.8 Å². The number of hydrogen-bond donors (Lipinski definition) is 2. The molecule has 0 bridgehead atoms. The number of rotatable bonds is 10. The third-order valence-electron chi connectivity index (χ3n) is 5.74. The summed E-state index contributed by atoms with van der Waals surface area (Å²) in [6.07, 6.45) is 0. The molecule has 2 aliphatic rings. The molecule has 1 aromatic carbocycles. The van der Waals surface area contributed by atoms with Crippen molar-refractivity contribution in [3.05, 3.63) is 64.2 Å². The second-order valence-corrected chi connectivity index (χ2v) is 11.7. The van der Waals surface area contributed by atoms with E-state index in [2.05, 4.69) is 15.5 Å². The third kappa shape index (κ3) is 5.24. The zero-order valence-corrected chi connectivity index (χ0v) is 22.7. The number of aryl methyl sites for hydroxylation is 1. The van der Waals surface area contributed by atoms with Crippen LogP contribution in [-0.4, -0.2) is 68.0 Å². The molecule has 2 amide bonds. The summed E-state index contributed by atoms with van der Waals surface area (Å²) in [6, 6.07) is 9.41. The Morgan fingerprint density at radius 2 is 2.03 bits per heavy atom. The minimum atomic E-state index is -1.18. The molecule has 2 aliphatic heterocycles. The molecule has 1 fully saturated rings. The van der Waals surface area contributed by atoms with Gasteiger partial charge in [-0.2, -0.15) is 0 Å². The summed E-state index contributed by atoms with van der Waals surface area (Å²) in [6.45, 7) is 1.92. The normalized spacial score (nSPS) is 18.6. The second-order valence-electron chi connectivity index (χ2n) is 8.20. The lowest BCUT2D eigenvalue weighted by atomic mass is 10.0. The number of thioether (sulfide) groups is 2. The molecular weight excluding hydrogens is 552 g/mol. The molecule has 1 saturated heterocycles. The number of nitrogens with zero attached hydrogens (tertiary/aromatic N) is 3. The van der Waals surface area contributed by atoms with E-state index in [9.17, 15) is 19.5 Å². The number of β-lactam (4-membered cyclic amide) rings is 1. The predicted octanol–water partition coefficient (Wildman–Crippen LogP) is 3.17. The summed E-state index contributed by atoms with van der Waals surface area (Å²) < 4.78 is 17.3. The van der Waals surface area contributed by atoms with Crippen LogP contribution in [-0.2, 0) is 16.2 Å². The maximum absolute atomic E-state index is 12.9. The van der Waals surface area contributed by atoms with E-state index in [1.807, 2.05) is 19.1 Å². The van der Waals surface area contributed by atoms with E-state index in [1.54, 1.807) is 25.3 Å². The molecular formula is C24H22N4O7S3. The molecule has 38 heavy (non-hydrogen) atoms. The van der Waals surface area contributed by atoms with Crippen LogP contribution in [0.15, 0.2) is 56.4 Å². The van der Waals surface area contributed by atoms with Gasteiger partial charge in [0.2, 0.25) is 0 Å². The van der Waals surface area contributed by atoms with Gasteiger partial charge < -0.3 is 24.3 Å². The number of benzene rings is 1. The Hall–Kier alpha value is -3.49. The molecule has 0 saturated carbocycles. The number of carbonyl (C=O) groups excluding carboxylic acids is 2. The fourth-order valence-corrected chi connectivity index (χ4v) is 7.26. The van der Waals surface area contributed by atoms with Crippen molar-refractivity contribution in [1.82, 2.24) is 20.4 Å². The topological polar surface area (TPSA) is 144 Å². The summed E-state index contributed by atoms with van der Waals surface area (Å²) in [5, 5.41) is 20.8. The summed E-state index contributed by atoms with van der Waals surface area (Å²) in [7, 11) is 1.54. The Labute approximate surface area is 229 Å². The molecule has 11 nitrogen and oxygen atoms in total. The number of nitrogens with one attached hydrogen (secondary N) is 1. The highest BCUT2D eigenvalue weighted by Crippen LogP contribution is 2.42. The van der Waals surface area contributed by atoms with Crippen molar-refractivity contribution in [3.63, 3.8) is 0 Å². The monoisotopic (exact) mass is 574 g/mol. The summed E-state index contributed by atoms with van der Waals surface area (Å²) in [4.78, 5) is 39.0. The number of carbonyl (C=O) groups is 3. The van der Waals surface area contributed by atoms with E-state index in [0.717, 1.165) is 9.35 Å². The SMILES string of the molecule is COc1ccccc1OCc1ccc(C(=O)N[C@@H]2C(=O)N3C(C(=O)O)=C(CSc4nnc(C)s4)CS[C@@H]23)o1. The molecule has 2 aromatic heterocycles. The largest absolute Gasteiger partial charge is 0.493 e. The van der Waals surface area contributed by atoms with E-state index in [4.69, 9.17) is 13.9 Å². The lowest BCUT2D eigenvalue weighted by Crippen LogP contribution is -2.70. The molecule has 2 N–H and O–H groups in total. The van der Waals surface area contributed by atoms with Gasteiger partial charge in [0, 0.05) is 11.5 Å². The predicted molar refractivity (Wildman–Crippen MR) is 140 cm³/mol. The Kier molecular flexibility index (Phi) is 7.63. The van der Waals surface area contributed by atoms with Crippen molar-refractivity contribution in [3.8, 4) is 11.5 Å². The van der Waals surface area contributed by atoms with Crippen molar-refractivity contribution in [2.45, 2.75) is 29.3 Å². The van der Waals surface area contributed by atoms with Gasteiger partial charge >= 0.3 is 5.97 Å². The first-order chi connectivity index (χ1) is 18.4. The van der Waals surface area contributed by atoms with Crippen LogP contribution >= 0.6 is 34.9 Å². The molecule has 4 heterocycles. The van der Waals surface area contributed by atoms with E-state index < -0.39 is 29.2 Å². The Morgan fingerprint density at radius 1 is 1.24 bits per heavy atom. The lowest BCUT2D eigenvalue weighted by Gasteiger charge is -2.49. The average molecular weight is 575 g/mol. The molecule has 0 unspecified atom stereocenters. The van der Waals surface area contributed by atoms with Crippen molar-refractivity contribution >= 4 is 52.6 Å². The molecule has 0 spiro atoms. The van der Waals surface area contributed by atoms with Crippen molar-refractivity contribution in [2.75, 3.05) is 18.6 Å². The molecule has 0 aliphatic carbocycles. The summed E-state index contributed by atoms with van der Waals surface area (Å²) in [5.74, 6) is 0.110. The van der Waals surface area contributed by atoms with E-state index in [1.165, 1.54) is 45.8 Å². The van der Waals surface area contributed by atoms with Crippen molar-refractivity contribution < 1.29 is 33.4 Å². The minimum Gasteiger partial charge on any atom is -0.493 e. The number of aliphatic carboxylic acids is 1. The first-order valence-electron chi connectivity index (χ1n) is 11.3. The minimum absolute atomic E-state index is 0.0223. The molecule has 198 valence electrons. The number of ether oxygens (including phenoxy) is 2. The zero-order valence-electron chi connectivity index (χ0n) is 20.2. The van der Waals surface area contributed by atoms with E-state index >= 15 is 0 Å². The second kappa shape index (κ2) is 11.1. The first kappa shape index (κ1) is 26.1. The van der Waals surface area contributed by atoms with Crippen molar-refractivity contribution in [1.29, 1.82) is 0 Å². The summed E-state index contributed by atoms with van der Waals surface area (Å²) in [5.41, 5.74) is 0.590. The summed E-state index contributed by atoms with van der Waals surface area (Å²) >= 11 is 4.22. The van der Waals surface area contributed by atoms with Gasteiger partial charge in [-0.15, -0.1) is 22.0 Å². The lowest BCUT2D eigenvalue weighted by molar-refractivity contribution is -0.148. The number of aromatic nitrogens is 2. The number of furan rings is 1. The number of fused-ring (bicyclic) bond motifs is 1. The third-order valence-corrected chi connectivity index (χ3v) is 9.14. The number of methoxy groups -OCH3 is 1. The van der Waals surface area contributed by atoms with Gasteiger partial charge in [-0.1, -0.05) is 35.2 Å². The molecule has 3 aromatic rings. The molecule has 2 atom stereocenters. The van der Waals surface area contributed by atoms with Crippen LogP contribution in [0.5, 0.6) is 11.5 Å². The number of carboxylic acid groups (broad SMARTS) is 1. The number of carboxylic acids is 1. The Morgan fingerprint density at radius 3 is 2.74 bits per heavy atom. The molecule has 0 radical (unpaired) electrons. The van der Waals surface area contributed by atoms with Gasteiger partial charge in [-0.05, 0) is 36.8 Å². The van der Waals surface area contributed by atoms with Gasteiger partial charge in [0.15, 0.2) is 21.6 Å². The fourth-order valence-electron chi connectivity index (χ4n) is 3.96. The quantitative estimate of drug-likeness (QED) is 0.272. The molecule has 14 heteroatoms. The van der Waals surface area contributed by atoms with Gasteiger partial charge in [-0.3, -0.25) is 14.5 Å². The van der Waals surface area contributed by atoms with Crippen LogP contribution in [0.25, 0.3) is 0 Å². The van der Waals surface area contributed by atoms with E-state index in [0.29, 0.717) is 34.3 Å². The highest BCUT2D eigenvalue weighted by Gasteiger charge is 2.54. The van der Waals surface area contributed by atoms with Gasteiger partial charge in [0.1, 0.15) is 34.5 Å².